The molecule has 0 aliphatic carbocycles. The number of carbonyl (C=O) groups excluding carboxylic acids is 1. The van der Waals surface area contributed by atoms with Gasteiger partial charge in [-0.15, -0.1) is 6.58 Å². The van der Waals surface area contributed by atoms with Crippen LogP contribution in [0.25, 0.3) is 0 Å². The minimum absolute atomic E-state index is 0.336. The Morgan fingerprint density at radius 1 is 1.43 bits per heavy atom. The summed E-state index contributed by atoms with van der Waals surface area (Å²) in [5.74, 6) is -1.70. The molecule has 0 bridgehead atoms. The van der Waals surface area contributed by atoms with Crippen LogP contribution in [0.5, 0.6) is 0 Å². The first-order chi connectivity index (χ1) is 10.6. The van der Waals surface area contributed by atoms with Gasteiger partial charge in [-0.3, -0.25) is 4.79 Å². The topological polar surface area (TPSA) is 66.4 Å². The van der Waals surface area contributed by atoms with Crippen LogP contribution in [0.1, 0.15) is 37.8 Å². The van der Waals surface area contributed by atoms with Crippen molar-refractivity contribution in [2.45, 2.75) is 51.7 Å². The third-order valence-corrected chi connectivity index (χ3v) is 5.76. The molecular formula is C18H26NO3Si. The minimum atomic E-state index is -1.34. The van der Waals surface area contributed by atoms with Gasteiger partial charge < -0.3 is 10.4 Å². The Kier molecular flexibility index (Phi) is 6.33. The van der Waals surface area contributed by atoms with E-state index in [4.69, 9.17) is 0 Å². The number of hydrogen-bond donors (Lipinski definition) is 2. The summed E-state index contributed by atoms with van der Waals surface area (Å²) in [5, 5.41) is 13.5. The zero-order valence-corrected chi connectivity index (χ0v) is 15.6. The van der Waals surface area contributed by atoms with Gasteiger partial charge in [0.15, 0.2) is 0 Å². The largest absolute Gasteiger partial charge is 0.479 e. The Morgan fingerprint density at radius 2 is 2.04 bits per heavy atom. The van der Waals surface area contributed by atoms with Crippen LogP contribution in [0.2, 0.25) is 13.1 Å². The standard InChI is InChI=1S/C18H26NO3Si/c1-7-8-14-9-10-15(16(11-14)23(5)6)12(2)18(4,17(21)22)19-13(3)20/h7,9-12H,1,8H2,2-6H3,(H,19,20)(H,21,22)/t12?,18-/m0/s1. The SMILES string of the molecule is C=CCc1ccc(C(C)[C@](C)(NC(C)=O)C(=O)O)c([Si](C)C)c1. The summed E-state index contributed by atoms with van der Waals surface area (Å²) < 4.78 is 0. The Labute approximate surface area is 140 Å². The fourth-order valence-corrected chi connectivity index (χ4v) is 4.08. The zero-order chi connectivity index (χ0) is 17.8. The number of carboxylic acid groups (broad SMARTS) is 1. The molecule has 1 unspecified atom stereocenters. The van der Waals surface area contributed by atoms with Gasteiger partial charge in [0.25, 0.3) is 0 Å². The van der Waals surface area contributed by atoms with E-state index in [-0.39, 0.29) is 11.8 Å². The number of carbonyl (C=O) groups is 2. The van der Waals surface area contributed by atoms with Gasteiger partial charge in [0.2, 0.25) is 5.91 Å². The van der Waals surface area contributed by atoms with Crippen molar-refractivity contribution in [2.75, 3.05) is 0 Å². The summed E-state index contributed by atoms with van der Waals surface area (Å²) in [6.45, 7) is 12.9. The highest BCUT2D eigenvalue weighted by Gasteiger charge is 2.41. The third kappa shape index (κ3) is 4.32. The van der Waals surface area contributed by atoms with Gasteiger partial charge in [-0.05, 0) is 24.5 Å². The van der Waals surface area contributed by atoms with Crippen molar-refractivity contribution in [2.24, 2.45) is 0 Å². The van der Waals surface area contributed by atoms with Crippen molar-refractivity contribution in [3.63, 3.8) is 0 Å². The molecular weight excluding hydrogens is 306 g/mol. The Hall–Kier alpha value is -1.88. The normalized spacial score (nSPS) is 14.9. The molecule has 0 aliphatic heterocycles. The van der Waals surface area contributed by atoms with E-state index in [2.05, 4.69) is 31.1 Å². The summed E-state index contributed by atoms with van der Waals surface area (Å²) in [4.78, 5) is 23.3. The van der Waals surface area contributed by atoms with E-state index in [9.17, 15) is 14.7 Å². The summed E-state index contributed by atoms with van der Waals surface area (Å²) in [7, 11) is -0.779. The van der Waals surface area contributed by atoms with E-state index in [0.29, 0.717) is 0 Å². The molecule has 23 heavy (non-hydrogen) atoms. The maximum atomic E-state index is 11.8. The average molecular weight is 332 g/mol. The molecule has 2 N–H and O–H groups in total. The number of benzene rings is 1. The fourth-order valence-electron chi connectivity index (χ4n) is 2.73. The monoisotopic (exact) mass is 332 g/mol. The molecule has 1 aromatic carbocycles. The van der Waals surface area contributed by atoms with Gasteiger partial charge in [-0.1, -0.05) is 49.5 Å². The third-order valence-electron chi connectivity index (χ3n) is 4.25. The molecule has 5 heteroatoms. The van der Waals surface area contributed by atoms with Crippen molar-refractivity contribution in [3.8, 4) is 0 Å². The quantitative estimate of drug-likeness (QED) is 0.595. The molecule has 0 aliphatic rings. The molecule has 1 rings (SSSR count). The molecule has 1 amide bonds. The lowest BCUT2D eigenvalue weighted by Crippen LogP contribution is -2.56. The van der Waals surface area contributed by atoms with Crippen LogP contribution < -0.4 is 10.5 Å². The van der Waals surface area contributed by atoms with Crippen LogP contribution in [0.15, 0.2) is 30.9 Å². The van der Waals surface area contributed by atoms with Gasteiger partial charge in [0.05, 0.1) is 8.80 Å². The predicted octanol–water partition coefficient (Wildman–Crippen LogP) is 2.46. The molecule has 0 saturated heterocycles. The molecule has 0 aromatic heterocycles. The van der Waals surface area contributed by atoms with E-state index >= 15 is 0 Å². The highest BCUT2D eigenvalue weighted by molar-refractivity contribution is 6.71. The van der Waals surface area contributed by atoms with Crippen molar-refractivity contribution < 1.29 is 14.7 Å². The first-order valence-corrected chi connectivity index (χ1v) is 10.2. The van der Waals surface area contributed by atoms with Crippen molar-refractivity contribution >= 4 is 25.9 Å². The van der Waals surface area contributed by atoms with Gasteiger partial charge in [0.1, 0.15) is 5.54 Å². The summed E-state index contributed by atoms with van der Waals surface area (Å²) in [6, 6.07) is 6.16. The van der Waals surface area contributed by atoms with E-state index in [1.165, 1.54) is 17.7 Å². The summed E-state index contributed by atoms with van der Waals surface area (Å²) >= 11 is 0. The number of nitrogens with one attached hydrogen (secondary N) is 1. The molecule has 1 radical (unpaired) electrons. The second kappa shape index (κ2) is 7.59. The van der Waals surface area contributed by atoms with E-state index in [0.717, 1.165) is 12.0 Å². The highest BCUT2D eigenvalue weighted by Crippen LogP contribution is 2.28. The number of rotatable bonds is 7. The number of aliphatic carboxylic acids is 1. The first-order valence-electron chi connectivity index (χ1n) is 7.69. The number of carboxylic acids is 1. The van der Waals surface area contributed by atoms with Gasteiger partial charge in [0, 0.05) is 12.8 Å². The van der Waals surface area contributed by atoms with E-state index in [1.54, 1.807) is 6.92 Å². The molecule has 0 spiro atoms. The lowest BCUT2D eigenvalue weighted by atomic mass is 9.81. The Morgan fingerprint density at radius 3 is 2.48 bits per heavy atom. The zero-order valence-electron chi connectivity index (χ0n) is 14.6. The van der Waals surface area contributed by atoms with Crippen molar-refractivity contribution in [1.29, 1.82) is 0 Å². The highest BCUT2D eigenvalue weighted by atomic mass is 28.3. The number of hydrogen-bond acceptors (Lipinski definition) is 2. The Balaban J connectivity index is 3.39. The number of allylic oxidation sites excluding steroid dienone is 1. The van der Waals surface area contributed by atoms with Gasteiger partial charge in [-0.25, -0.2) is 4.79 Å². The van der Waals surface area contributed by atoms with Crippen LogP contribution in [-0.2, 0) is 16.0 Å². The molecule has 125 valence electrons. The van der Waals surface area contributed by atoms with Crippen molar-refractivity contribution in [1.82, 2.24) is 5.32 Å². The van der Waals surface area contributed by atoms with E-state index < -0.39 is 20.3 Å². The lowest BCUT2D eigenvalue weighted by Gasteiger charge is -2.34. The van der Waals surface area contributed by atoms with E-state index in [1.807, 2.05) is 25.1 Å². The fraction of sp³-hybridized carbons (Fsp3) is 0.444. The van der Waals surface area contributed by atoms with Crippen LogP contribution >= 0.6 is 0 Å². The molecule has 0 heterocycles. The summed E-state index contributed by atoms with van der Waals surface area (Å²) in [5.41, 5.74) is 0.835. The predicted molar refractivity (Wildman–Crippen MR) is 95.7 cm³/mol. The summed E-state index contributed by atoms with van der Waals surface area (Å²) in [6.07, 6.45) is 2.65. The molecule has 1 aromatic rings. The minimum Gasteiger partial charge on any atom is -0.479 e. The van der Waals surface area contributed by atoms with Crippen molar-refractivity contribution in [3.05, 3.63) is 42.0 Å². The average Bonchev–Trinajstić information content (AvgIpc) is 2.45. The van der Waals surface area contributed by atoms with Crippen LogP contribution in [0, 0.1) is 0 Å². The molecule has 0 fully saturated rings. The van der Waals surface area contributed by atoms with Crippen LogP contribution in [0.4, 0.5) is 0 Å². The maximum Gasteiger partial charge on any atom is 0.329 e. The second-order valence-corrected chi connectivity index (χ2v) is 8.86. The first kappa shape index (κ1) is 19.2. The maximum absolute atomic E-state index is 11.8. The van der Waals surface area contributed by atoms with Crippen LogP contribution in [0.3, 0.4) is 0 Å². The lowest BCUT2D eigenvalue weighted by molar-refractivity contribution is -0.147. The number of amides is 1. The molecule has 4 nitrogen and oxygen atoms in total. The molecule has 0 saturated carbocycles. The Bertz CT molecular complexity index is 612. The molecule has 2 atom stereocenters. The smallest absolute Gasteiger partial charge is 0.329 e. The van der Waals surface area contributed by atoms with Gasteiger partial charge in [-0.2, -0.15) is 0 Å². The second-order valence-electron chi connectivity index (χ2n) is 6.32. The van der Waals surface area contributed by atoms with Gasteiger partial charge >= 0.3 is 5.97 Å². The van der Waals surface area contributed by atoms with Crippen LogP contribution in [-0.4, -0.2) is 31.3 Å².